The SMILES string of the molecule is O=C(NCC1(c2ccc(Cl)cc2Cl)CCOCC1)c1cccc2c1OCO2. The summed E-state index contributed by atoms with van der Waals surface area (Å²) in [5.41, 5.74) is 1.15. The molecular weight excluding hydrogens is 389 g/mol. The highest BCUT2D eigenvalue weighted by atomic mass is 35.5. The number of ether oxygens (including phenoxy) is 3. The first-order valence-corrected chi connectivity index (χ1v) is 9.55. The molecule has 7 heteroatoms. The summed E-state index contributed by atoms with van der Waals surface area (Å²) in [7, 11) is 0. The molecule has 2 aliphatic rings. The van der Waals surface area contributed by atoms with E-state index in [1.165, 1.54) is 0 Å². The van der Waals surface area contributed by atoms with Crippen LogP contribution in [-0.4, -0.2) is 32.5 Å². The van der Waals surface area contributed by atoms with Crippen molar-refractivity contribution in [1.82, 2.24) is 5.32 Å². The molecule has 2 aromatic carbocycles. The van der Waals surface area contributed by atoms with Gasteiger partial charge in [0.25, 0.3) is 5.91 Å². The highest BCUT2D eigenvalue weighted by Crippen LogP contribution is 2.40. The fourth-order valence-corrected chi connectivity index (χ4v) is 4.29. The van der Waals surface area contributed by atoms with E-state index in [0.717, 1.165) is 18.4 Å². The molecule has 0 atom stereocenters. The summed E-state index contributed by atoms with van der Waals surface area (Å²) in [5.74, 6) is 0.873. The molecule has 2 heterocycles. The number of hydrogen-bond acceptors (Lipinski definition) is 4. The number of nitrogens with one attached hydrogen (secondary N) is 1. The number of hydrogen-bond donors (Lipinski definition) is 1. The number of para-hydroxylation sites is 1. The zero-order valence-electron chi connectivity index (χ0n) is 14.6. The molecule has 0 bridgehead atoms. The minimum absolute atomic E-state index is 0.126. The van der Waals surface area contributed by atoms with Gasteiger partial charge in [-0.25, -0.2) is 0 Å². The first kappa shape index (κ1) is 18.4. The third kappa shape index (κ3) is 3.59. The highest BCUT2D eigenvalue weighted by molar-refractivity contribution is 6.35. The van der Waals surface area contributed by atoms with Crippen molar-refractivity contribution >= 4 is 29.1 Å². The van der Waals surface area contributed by atoms with Gasteiger partial charge in [-0.1, -0.05) is 35.3 Å². The van der Waals surface area contributed by atoms with E-state index in [-0.39, 0.29) is 18.1 Å². The Hall–Kier alpha value is -1.95. The summed E-state index contributed by atoms with van der Waals surface area (Å²) in [6.45, 7) is 1.81. The summed E-state index contributed by atoms with van der Waals surface area (Å²) in [4.78, 5) is 12.8. The summed E-state index contributed by atoms with van der Waals surface area (Å²) in [5, 5.41) is 4.26. The van der Waals surface area contributed by atoms with Gasteiger partial charge in [-0.3, -0.25) is 4.79 Å². The van der Waals surface area contributed by atoms with E-state index < -0.39 is 0 Å². The van der Waals surface area contributed by atoms with Crippen LogP contribution in [0.1, 0.15) is 28.8 Å². The topological polar surface area (TPSA) is 56.8 Å². The molecule has 142 valence electrons. The van der Waals surface area contributed by atoms with E-state index in [0.29, 0.717) is 46.9 Å². The van der Waals surface area contributed by atoms with Crippen LogP contribution in [0.15, 0.2) is 36.4 Å². The van der Waals surface area contributed by atoms with Crippen molar-refractivity contribution in [3.63, 3.8) is 0 Å². The molecule has 2 aromatic rings. The molecule has 4 rings (SSSR count). The molecule has 1 amide bonds. The van der Waals surface area contributed by atoms with Gasteiger partial charge in [0.1, 0.15) is 0 Å². The molecular formula is C20H19Cl2NO4. The Balaban J connectivity index is 1.58. The Bertz CT molecular complexity index is 865. The lowest BCUT2D eigenvalue weighted by atomic mass is 9.74. The zero-order valence-corrected chi connectivity index (χ0v) is 16.1. The van der Waals surface area contributed by atoms with Crippen LogP contribution in [0.3, 0.4) is 0 Å². The Morgan fingerprint density at radius 1 is 1.11 bits per heavy atom. The second-order valence-corrected chi connectivity index (χ2v) is 7.58. The molecule has 0 radical (unpaired) electrons. The smallest absolute Gasteiger partial charge is 0.255 e. The van der Waals surface area contributed by atoms with Crippen LogP contribution >= 0.6 is 23.2 Å². The zero-order chi connectivity index (χ0) is 18.9. The predicted octanol–water partition coefficient (Wildman–Crippen LogP) is 4.20. The van der Waals surface area contributed by atoms with Crippen molar-refractivity contribution < 1.29 is 19.0 Å². The Morgan fingerprint density at radius 2 is 1.93 bits per heavy atom. The number of carbonyl (C=O) groups excluding carboxylic acids is 1. The van der Waals surface area contributed by atoms with Crippen molar-refractivity contribution in [2.45, 2.75) is 18.3 Å². The van der Waals surface area contributed by atoms with E-state index >= 15 is 0 Å². The minimum Gasteiger partial charge on any atom is -0.454 e. The lowest BCUT2D eigenvalue weighted by Crippen LogP contribution is -2.44. The normalized spacial score (nSPS) is 17.6. The molecule has 0 spiro atoms. The highest BCUT2D eigenvalue weighted by Gasteiger charge is 2.37. The van der Waals surface area contributed by atoms with Crippen LogP contribution in [0, 0.1) is 0 Å². The minimum atomic E-state index is -0.301. The van der Waals surface area contributed by atoms with Crippen LogP contribution in [-0.2, 0) is 10.2 Å². The maximum Gasteiger partial charge on any atom is 0.255 e. The second kappa shape index (κ2) is 7.58. The number of carbonyl (C=O) groups is 1. The summed E-state index contributed by atoms with van der Waals surface area (Å²) < 4.78 is 16.3. The predicted molar refractivity (Wildman–Crippen MR) is 103 cm³/mol. The molecule has 5 nitrogen and oxygen atoms in total. The molecule has 2 aliphatic heterocycles. The van der Waals surface area contributed by atoms with Crippen molar-refractivity contribution in [2.75, 3.05) is 26.6 Å². The van der Waals surface area contributed by atoms with E-state index in [1.807, 2.05) is 12.1 Å². The third-order valence-corrected chi connectivity index (χ3v) is 5.73. The molecule has 1 saturated heterocycles. The Morgan fingerprint density at radius 3 is 2.70 bits per heavy atom. The molecule has 0 saturated carbocycles. The van der Waals surface area contributed by atoms with Gasteiger partial charge in [0.2, 0.25) is 6.79 Å². The van der Waals surface area contributed by atoms with Crippen molar-refractivity contribution in [1.29, 1.82) is 0 Å². The van der Waals surface area contributed by atoms with Gasteiger partial charge in [-0.2, -0.15) is 0 Å². The average molecular weight is 408 g/mol. The first-order valence-electron chi connectivity index (χ1n) is 8.79. The van der Waals surface area contributed by atoms with Crippen LogP contribution in [0.2, 0.25) is 10.0 Å². The molecule has 27 heavy (non-hydrogen) atoms. The van der Waals surface area contributed by atoms with Crippen LogP contribution in [0.5, 0.6) is 11.5 Å². The quantitative estimate of drug-likeness (QED) is 0.824. The third-order valence-electron chi connectivity index (χ3n) is 5.18. The molecule has 1 N–H and O–H groups in total. The van der Waals surface area contributed by atoms with Gasteiger partial charge < -0.3 is 19.5 Å². The second-order valence-electron chi connectivity index (χ2n) is 6.74. The van der Waals surface area contributed by atoms with E-state index in [9.17, 15) is 4.79 Å². The summed E-state index contributed by atoms with van der Waals surface area (Å²) in [6, 6.07) is 10.8. The van der Waals surface area contributed by atoms with Gasteiger partial charge in [0, 0.05) is 35.2 Å². The van der Waals surface area contributed by atoms with E-state index in [4.69, 9.17) is 37.4 Å². The monoisotopic (exact) mass is 407 g/mol. The van der Waals surface area contributed by atoms with Crippen LogP contribution in [0.25, 0.3) is 0 Å². The van der Waals surface area contributed by atoms with Crippen molar-refractivity contribution in [2.24, 2.45) is 0 Å². The lowest BCUT2D eigenvalue weighted by Gasteiger charge is -2.38. The van der Waals surface area contributed by atoms with Gasteiger partial charge in [0.15, 0.2) is 11.5 Å². The largest absolute Gasteiger partial charge is 0.454 e. The van der Waals surface area contributed by atoms with Gasteiger partial charge in [-0.15, -0.1) is 0 Å². The molecule has 1 fully saturated rings. The summed E-state index contributed by atoms with van der Waals surface area (Å²) in [6.07, 6.45) is 1.53. The summed E-state index contributed by atoms with van der Waals surface area (Å²) >= 11 is 12.5. The van der Waals surface area contributed by atoms with Gasteiger partial charge >= 0.3 is 0 Å². The average Bonchev–Trinajstić information content (AvgIpc) is 3.15. The Labute approximate surface area is 167 Å². The lowest BCUT2D eigenvalue weighted by molar-refractivity contribution is 0.0487. The maximum absolute atomic E-state index is 12.8. The van der Waals surface area contributed by atoms with Gasteiger partial charge in [0.05, 0.1) is 5.56 Å². The standard InChI is InChI=1S/C20H19Cl2NO4/c21-13-4-5-15(16(22)10-13)20(6-8-25-9-7-20)11-23-19(24)14-2-1-3-17-18(14)27-12-26-17/h1-5,10H,6-9,11-12H2,(H,23,24). The van der Waals surface area contributed by atoms with E-state index in [1.54, 1.807) is 24.3 Å². The molecule has 0 aliphatic carbocycles. The molecule has 0 aromatic heterocycles. The van der Waals surface area contributed by atoms with Crippen molar-refractivity contribution in [3.05, 3.63) is 57.6 Å². The number of rotatable bonds is 4. The fourth-order valence-electron chi connectivity index (χ4n) is 3.68. The van der Waals surface area contributed by atoms with Crippen LogP contribution in [0.4, 0.5) is 0 Å². The Kier molecular flexibility index (Phi) is 5.17. The van der Waals surface area contributed by atoms with Crippen molar-refractivity contribution in [3.8, 4) is 11.5 Å². The number of fused-ring (bicyclic) bond motifs is 1. The fraction of sp³-hybridized carbons (Fsp3) is 0.350. The van der Waals surface area contributed by atoms with Crippen LogP contribution < -0.4 is 14.8 Å². The number of halogens is 2. The first-order chi connectivity index (χ1) is 13.1. The molecule has 0 unspecified atom stereocenters. The van der Waals surface area contributed by atoms with E-state index in [2.05, 4.69) is 5.32 Å². The maximum atomic E-state index is 12.8. The van der Waals surface area contributed by atoms with Gasteiger partial charge in [-0.05, 0) is 42.7 Å². The number of benzene rings is 2. The number of amides is 1.